The molecule has 0 atom stereocenters. The van der Waals surface area contributed by atoms with E-state index in [1.54, 1.807) is 0 Å². The molecule has 100 valence electrons. The molecule has 0 spiro atoms. The van der Waals surface area contributed by atoms with Gasteiger partial charge in [-0.15, -0.1) is 0 Å². The van der Waals surface area contributed by atoms with Crippen molar-refractivity contribution < 1.29 is 4.79 Å². The standard InChI is InChI=1S/C15H19N3O/c1-16-9-11-2-3-12-6-7-18(14(12)8-11)10-15(19)17-13-4-5-13/h2-3,6-8,13,16H,4-5,9-10H2,1H3,(H,17,19). The second-order valence-corrected chi connectivity index (χ2v) is 5.21. The summed E-state index contributed by atoms with van der Waals surface area (Å²) in [5.41, 5.74) is 2.36. The van der Waals surface area contributed by atoms with Gasteiger partial charge in [0.15, 0.2) is 0 Å². The lowest BCUT2D eigenvalue weighted by Crippen LogP contribution is -2.29. The fourth-order valence-electron chi connectivity index (χ4n) is 2.34. The summed E-state index contributed by atoms with van der Waals surface area (Å²) in [5, 5.41) is 7.35. The molecule has 1 saturated carbocycles. The number of hydrogen-bond donors (Lipinski definition) is 2. The molecule has 1 aromatic carbocycles. The van der Waals surface area contributed by atoms with Crippen LogP contribution in [-0.4, -0.2) is 23.6 Å². The van der Waals surface area contributed by atoms with Gasteiger partial charge in [-0.3, -0.25) is 4.79 Å². The van der Waals surface area contributed by atoms with Crippen molar-refractivity contribution in [3.05, 3.63) is 36.0 Å². The lowest BCUT2D eigenvalue weighted by atomic mass is 10.1. The molecule has 1 aliphatic carbocycles. The number of nitrogens with one attached hydrogen (secondary N) is 2. The molecule has 2 aromatic rings. The number of benzene rings is 1. The quantitative estimate of drug-likeness (QED) is 0.855. The highest BCUT2D eigenvalue weighted by molar-refractivity contribution is 5.84. The maximum absolute atomic E-state index is 11.9. The van der Waals surface area contributed by atoms with E-state index in [-0.39, 0.29) is 5.91 Å². The van der Waals surface area contributed by atoms with Crippen LogP contribution in [0.5, 0.6) is 0 Å². The zero-order chi connectivity index (χ0) is 13.2. The number of carbonyl (C=O) groups excluding carboxylic acids is 1. The Labute approximate surface area is 112 Å². The van der Waals surface area contributed by atoms with Gasteiger partial charge in [0.05, 0.1) is 0 Å². The van der Waals surface area contributed by atoms with Gasteiger partial charge in [-0.25, -0.2) is 0 Å². The number of nitrogens with zero attached hydrogens (tertiary/aromatic N) is 1. The SMILES string of the molecule is CNCc1ccc2ccn(CC(=O)NC3CC3)c2c1. The van der Waals surface area contributed by atoms with Crippen LogP contribution in [0.25, 0.3) is 10.9 Å². The summed E-state index contributed by atoms with van der Waals surface area (Å²) in [6.45, 7) is 1.25. The minimum absolute atomic E-state index is 0.110. The number of rotatable bonds is 5. The Morgan fingerprint density at radius 1 is 1.37 bits per heavy atom. The van der Waals surface area contributed by atoms with Crippen LogP contribution in [0.4, 0.5) is 0 Å². The molecule has 0 saturated heterocycles. The summed E-state index contributed by atoms with van der Waals surface area (Å²) in [4.78, 5) is 11.9. The topological polar surface area (TPSA) is 46.1 Å². The first-order valence-corrected chi connectivity index (χ1v) is 6.78. The van der Waals surface area contributed by atoms with Crippen LogP contribution in [0.15, 0.2) is 30.5 Å². The molecule has 0 radical (unpaired) electrons. The normalized spacial score (nSPS) is 14.8. The van der Waals surface area contributed by atoms with Crippen molar-refractivity contribution in [2.45, 2.75) is 32.0 Å². The molecule has 0 aliphatic heterocycles. The van der Waals surface area contributed by atoms with Gasteiger partial charge in [0.25, 0.3) is 0 Å². The van der Waals surface area contributed by atoms with Gasteiger partial charge in [0, 0.05) is 24.3 Å². The van der Waals surface area contributed by atoms with Gasteiger partial charge in [0.2, 0.25) is 5.91 Å². The third-order valence-corrected chi connectivity index (χ3v) is 3.48. The zero-order valence-corrected chi connectivity index (χ0v) is 11.1. The lowest BCUT2D eigenvalue weighted by Gasteiger charge is -2.07. The Morgan fingerprint density at radius 3 is 2.95 bits per heavy atom. The van der Waals surface area contributed by atoms with Crippen LogP contribution >= 0.6 is 0 Å². The number of hydrogen-bond acceptors (Lipinski definition) is 2. The van der Waals surface area contributed by atoms with Gasteiger partial charge < -0.3 is 15.2 Å². The van der Waals surface area contributed by atoms with Gasteiger partial charge >= 0.3 is 0 Å². The van der Waals surface area contributed by atoms with E-state index in [2.05, 4.69) is 34.9 Å². The minimum atomic E-state index is 0.110. The molecular weight excluding hydrogens is 238 g/mol. The van der Waals surface area contributed by atoms with Crippen molar-refractivity contribution in [1.82, 2.24) is 15.2 Å². The van der Waals surface area contributed by atoms with E-state index in [1.165, 1.54) is 10.9 Å². The highest BCUT2D eigenvalue weighted by Crippen LogP contribution is 2.20. The summed E-state index contributed by atoms with van der Waals surface area (Å²) in [5.74, 6) is 0.110. The molecule has 0 unspecified atom stereocenters. The maximum Gasteiger partial charge on any atom is 0.240 e. The first-order valence-electron chi connectivity index (χ1n) is 6.78. The van der Waals surface area contributed by atoms with E-state index < -0.39 is 0 Å². The van der Waals surface area contributed by atoms with Gasteiger partial charge in [-0.1, -0.05) is 12.1 Å². The molecule has 4 nitrogen and oxygen atoms in total. The fraction of sp³-hybridized carbons (Fsp3) is 0.400. The van der Waals surface area contributed by atoms with Crippen molar-refractivity contribution in [3.63, 3.8) is 0 Å². The van der Waals surface area contributed by atoms with E-state index in [0.717, 1.165) is 24.9 Å². The monoisotopic (exact) mass is 257 g/mol. The number of carbonyl (C=O) groups is 1. The molecule has 4 heteroatoms. The first kappa shape index (κ1) is 12.2. The Bertz CT molecular complexity index is 598. The zero-order valence-electron chi connectivity index (χ0n) is 11.1. The predicted octanol–water partition coefficient (Wildman–Crippen LogP) is 1.64. The molecule has 1 fully saturated rings. The first-order chi connectivity index (χ1) is 9.26. The fourth-order valence-corrected chi connectivity index (χ4v) is 2.34. The van der Waals surface area contributed by atoms with Crippen LogP contribution in [0.1, 0.15) is 18.4 Å². The summed E-state index contributed by atoms with van der Waals surface area (Å²) in [6, 6.07) is 8.86. The van der Waals surface area contributed by atoms with Crippen LogP contribution in [0.2, 0.25) is 0 Å². The molecule has 2 N–H and O–H groups in total. The van der Waals surface area contributed by atoms with Gasteiger partial charge in [-0.2, -0.15) is 0 Å². The van der Waals surface area contributed by atoms with Crippen LogP contribution in [-0.2, 0) is 17.9 Å². The van der Waals surface area contributed by atoms with E-state index in [9.17, 15) is 4.79 Å². The molecule has 1 aliphatic rings. The smallest absolute Gasteiger partial charge is 0.240 e. The second-order valence-electron chi connectivity index (χ2n) is 5.21. The lowest BCUT2D eigenvalue weighted by molar-refractivity contribution is -0.121. The maximum atomic E-state index is 11.9. The van der Waals surface area contributed by atoms with Crippen molar-refractivity contribution in [2.75, 3.05) is 7.05 Å². The highest BCUT2D eigenvalue weighted by Gasteiger charge is 2.23. The Balaban J connectivity index is 1.81. The van der Waals surface area contributed by atoms with Crippen LogP contribution in [0, 0.1) is 0 Å². The van der Waals surface area contributed by atoms with E-state index in [4.69, 9.17) is 0 Å². The number of aromatic nitrogens is 1. The summed E-state index contributed by atoms with van der Waals surface area (Å²) >= 11 is 0. The second kappa shape index (κ2) is 5.05. The molecular formula is C15H19N3O. The van der Waals surface area contributed by atoms with Crippen LogP contribution in [0.3, 0.4) is 0 Å². The minimum Gasteiger partial charge on any atom is -0.352 e. The van der Waals surface area contributed by atoms with Gasteiger partial charge in [-0.05, 0) is 43.0 Å². The summed E-state index contributed by atoms with van der Waals surface area (Å²) < 4.78 is 2.02. The van der Waals surface area contributed by atoms with Crippen molar-refractivity contribution in [2.24, 2.45) is 0 Å². The Hall–Kier alpha value is -1.81. The summed E-state index contributed by atoms with van der Waals surface area (Å²) in [7, 11) is 1.94. The molecule has 19 heavy (non-hydrogen) atoms. The third-order valence-electron chi connectivity index (χ3n) is 3.48. The summed E-state index contributed by atoms with van der Waals surface area (Å²) in [6.07, 6.45) is 4.25. The van der Waals surface area contributed by atoms with Crippen LogP contribution < -0.4 is 10.6 Å². The van der Waals surface area contributed by atoms with Crippen molar-refractivity contribution >= 4 is 16.8 Å². The molecule has 1 heterocycles. The largest absolute Gasteiger partial charge is 0.352 e. The van der Waals surface area contributed by atoms with Crippen molar-refractivity contribution in [3.8, 4) is 0 Å². The third kappa shape index (κ3) is 2.79. The molecule has 0 bridgehead atoms. The van der Waals surface area contributed by atoms with E-state index in [0.29, 0.717) is 12.6 Å². The number of amides is 1. The predicted molar refractivity (Wildman–Crippen MR) is 75.9 cm³/mol. The van der Waals surface area contributed by atoms with Crippen molar-refractivity contribution in [1.29, 1.82) is 0 Å². The molecule has 1 aromatic heterocycles. The molecule has 1 amide bonds. The highest BCUT2D eigenvalue weighted by atomic mass is 16.2. The molecule has 3 rings (SSSR count). The van der Waals surface area contributed by atoms with E-state index >= 15 is 0 Å². The Kier molecular flexibility index (Phi) is 3.25. The average molecular weight is 257 g/mol. The van der Waals surface area contributed by atoms with E-state index in [1.807, 2.05) is 17.8 Å². The average Bonchev–Trinajstić information content (AvgIpc) is 3.11. The van der Waals surface area contributed by atoms with Gasteiger partial charge in [0.1, 0.15) is 6.54 Å². The Morgan fingerprint density at radius 2 is 2.21 bits per heavy atom. The number of fused-ring (bicyclic) bond motifs is 1.